The highest BCUT2D eigenvalue weighted by atomic mass is 35.5. The molecule has 5 nitrogen and oxygen atoms in total. The van der Waals surface area contributed by atoms with Crippen LogP contribution in [0.4, 0.5) is 5.69 Å². The zero-order valence-corrected chi connectivity index (χ0v) is 11.7. The fourth-order valence-electron chi connectivity index (χ4n) is 1.75. The average molecular weight is 303 g/mol. The van der Waals surface area contributed by atoms with Gasteiger partial charge in [0.05, 0.1) is 28.2 Å². The first kappa shape index (κ1) is 14.8. The quantitative estimate of drug-likeness (QED) is 0.622. The summed E-state index contributed by atoms with van der Waals surface area (Å²) >= 11 is 5.99. The Morgan fingerprint density at radius 3 is 2.52 bits per heavy atom. The van der Waals surface area contributed by atoms with Crippen LogP contribution in [0, 0.1) is 21.4 Å². The first-order valence-electron chi connectivity index (χ1n) is 6.16. The molecular formula is C15H11ClN2O3. The maximum Gasteiger partial charge on any atom is 0.269 e. The largest absolute Gasteiger partial charge is 0.492 e. The summed E-state index contributed by atoms with van der Waals surface area (Å²) in [5.41, 5.74) is 1.47. The molecule has 0 aliphatic rings. The first-order valence-corrected chi connectivity index (χ1v) is 6.54. The molecule has 2 aromatic rings. The maximum atomic E-state index is 10.5. The van der Waals surface area contributed by atoms with Crippen molar-refractivity contribution in [3.05, 3.63) is 68.7 Å². The standard InChI is InChI=1S/C15H11ClN2O3/c16-14-9-12(10-17)3-6-15(14)21-8-7-11-1-4-13(5-2-11)18(19)20/h1-6,9H,7-8H2. The van der Waals surface area contributed by atoms with Gasteiger partial charge in [-0.05, 0) is 23.8 Å². The van der Waals surface area contributed by atoms with Gasteiger partial charge in [0, 0.05) is 18.6 Å². The van der Waals surface area contributed by atoms with Gasteiger partial charge in [-0.3, -0.25) is 10.1 Å². The second-order valence-corrected chi connectivity index (χ2v) is 4.69. The van der Waals surface area contributed by atoms with Crippen molar-refractivity contribution in [2.24, 2.45) is 0 Å². The van der Waals surface area contributed by atoms with Crippen molar-refractivity contribution in [2.75, 3.05) is 6.61 Å². The molecule has 2 rings (SSSR count). The number of nitriles is 1. The van der Waals surface area contributed by atoms with Crippen LogP contribution in [-0.2, 0) is 6.42 Å². The van der Waals surface area contributed by atoms with Crippen LogP contribution < -0.4 is 4.74 Å². The van der Waals surface area contributed by atoms with Crippen molar-refractivity contribution in [1.29, 1.82) is 5.26 Å². The van der Waals surface area contributed by atoms with Crippen LogP contribution in [0.25, 0.3) is 0 Å². The minimum absolute atomic E-state index is 0.0646. The van der Waals surface area contributed by atoms with E-state index < -0.39 is 4.92 Å². The molecule has 2 aromatic carbocycles. The van der Waals surface area contributed by atoms with E-state index in [1.165, 1.54) is 12.1 Å². The lowest BCUT2D eigenvalue weighted by atomic mass is 10.1. The topological polar surface area (TPSA) is 76.2 Å². The molecule has 0 fully saturated rings. The third-order valence-corrected chi connectivity index (χ3v) is 3.15. The Morgan fingerprint density at radius 1 is 1.24 bits per heavy atom. The summed E-state index contributed by atoms with van der Waals surface area (Å²) in [4.78, 5) is 10.1. The van der Waals surface area contributed by atoms with Crippen LogP contribution in [0.5, 0.6) is 5.75 Å². The minimum Gasteiger partial charge on any atom is -0.492 e. The van der Waals surface area contributed by atoms with Gasteiger partial charge in [0.25, 0.3) is 5.69 Å². The second kappa shape index (κ2) is 6.73. The van der Waals surface area contributed by atoms with Gasteiger partial charge in [0.15, 0.2) is 0 Å². The van der Waals surface area contributed by atoms with Gasteiger partial charge in [-0.1, -0.05) is 23.7 Å². The SMILES string of the molecule is N#Cc1ccc(OCCc2ccc([N+](=O)[O-])cc2)c(Cl)c1. The van der Waals surface area contributed by atoms with Crippen LogP contribution in [0.15, 0.2) is 42.5 Å². The van der Waals surface area contributed by atoms with Gasteiger partial charge in [-0.15, -0.1) is 0 Å². The summed E-state index contributed by atoms with van der Waals surface area (Å²) < 4.78 is 5.54. The minimum atomic E-state index is -0.434. The molecule has 0 amide bonds. The van der Waals surface area contributed by atoms with Gasteiger partial charge < -0.3 is 4.74 Å². The van der Waals surface area contributed by atoms with Crippen LogP contribution in [0.1, 0.15) is 11.1 Å². The number of nitro benzene ring substituents is 1. The van der Waals surface area contributed by atoms with Crippen LogP contribution in [-0.4, -0.2) is 11.5 Å². The molecule has 0 saturated heterocycles. The Hall–Kier alpha value is -2.58. The zero-order valence-electron chi connectivity index (χ0n) is 11.0. The summed E-state index contributed by atoms with van der Waals surface area (Å²) in [6.45, 7) is 0.392. The Labute approximate surface area is 126 Å². The number of ether oxygens (including phenoxy) is 1. The Balaban J connectivity index is 1.92. The summed E-state index contributed by atoms with van der Waals surface area (Å²) in [6.07, 6.45) is 0.605. The van der Waals surface area contributed by atoms with E-state index in [4.69, 9.17) is 21.6 Å². The molecule has 0 aliphatic heterocycles. The number of halogens is 1. The van der Waals surface area contributed by atoms with E-state index in [0.29, 0.717) is 29.4 Å². The number of nitro groups is 1. The molecular weight excluding hydrogens is 292 g/mol. The van der Waals surface area contributed by atoms with Crippen molar-refractivity contribution in [3.8, 4) is 11.8 Å². The zero-order chi connectivity index (χ0) is 15.2. The van der Waals surface area contributed by atoms with Crippen molar-refractivity contribution < 1.29 is 9.66 Å². The molecule has 21 heavy (non-hydrogen) atoms. The molecule has 0 spiro atoms. The van der Waals surface area contributed by atoms with Gasteiger partial charge in [0.1, 0.15) is 5.75 Å². The molecule has 0 saturated carbocycles. The number of nitrogens with zero attached hydrogens (tertiary/aromatic N) is 2. The van der Waals surface area contributed by atoms with Crippen molar-refractivity contribution in [1.82, 2.24) is 0 Å². The summed E-state index contributed by atoms with van der Waals surface area (Å²) in [7, 11) is 0. The molecule has 0 unspecified atom stereocenters. The lowest BCUT2D eigenvalue weighted by Gasteiger charge is -2.08. The van der Waals surface area contributed by atoms with Gasteiger partial charge in [-0.25, -0.2) is 0 Å². The third kappa shape index (κ3) is 3.94. The molecule has 6 heteroatoms. The van der Waals surface area contributed by atoms with Gasteiger partial charge in [0.2, 0.25) is 0 Å². The molecule has 0 aliphatic carbocycles. The van der Waals surface area contributed by atoms with E-state index >= 15 is 0 Å². The smallest absolute Gasteiger partial charge is 0.269 e. The van der Waals surface area contributed by atoms with E-state index in [1.54, 1.807) is 30.3 Å². The van der Waals surface area contributed by atoms with Crippen LogP contribution >= 0.6 is 11.6 Å². The number of benzene rings is 2. The molecule has 0 atom stereocenters. The Morgan fingerprint density at radius 2 is 1.95 bits per heavy atom. The fraction of sp³-hybridized carbons (Fsp3) is 0.133. The molecule has 0 N–H and O–H groups in total. The maximum absolute atomic E-state index is 10.5. The van der Waals surface area contributed by atoms with E-state index in [1.807, 2.05) is 6.07 Å². The molecule has 0 bridgehead atoms. The second-order valence-electron chi connectivity index (χ2n) is 4.28. The molecule has 0 aromatic heterocycles. The van der Waals surface area contributed by atoms with Crippen molar-refractivity contribution in [2.45, 2.75) is 6.42 Å². The summed E-state index contributed by atoms with van der Waals surface area (Å²) in [6, 6.07) is 13.1. The van der Waals surface area contributed by atoms with Gasteiger partial charge >= 0.3 is 0 Å². The number of non-ortho nitro benzene ring substituents is 1. The predicted octanol–water partition coefficient (Wildman–Crippen LogP) is 3.74. The molecule has 0 heterocycles. The summed E-state index contributed by atoms with van der Waals surface area (Å²) in [5.74, 6) is 0.512. The van der Waals surface area contributed by atoms with Crippen molar-refractivity contribution >= 4 is 17.3 Å². The normalized spacial score (nSPS) is 9.90. The highest BCUT2D eigenvalue weighted by molar-refractivity contribution is 6.32. The predicted molar refractivity (Wildman–Crippen MR) is 78.5 cm³/mol. The summed E-state index contributed by atoms with van der Waals surface area (Å²) in [5, 5.41) is 19.7. The number of hydrogen-bond acceptors (Lipinski definition) is 4. The van der Waals surface area contributed by atoms with Gasteiger partial charge in [-0.2, -0.15) is 5.26 Å². The average Bonchev–Trinajstić information content (AvgIpc) is 2.49. The Bertz CT molecular complexity index is 693. The Kier molecular flexibility index (Phi) is 4.75. The van der Waals surface area contributed by atoms with Crippen LogP contribution in [0.2, 0.25) is 5.02 Å². The highest BCUT2D eigenvalue weighted by Crippen LogP contribution is 2.25. The van der Waals surface area contributed by atoms with Crippen molar-refractivity contribution in [3.63, 3.8) is 0 Å². The van der Waals surface area contributed by atoms with E-state index in [-0.39, 0.29) is 5.69 Å². The molecule has 0 radical (unpaired) electrons. The van der Waals surface area contributed by atoms with E-state index in [0.717, 1.165) is 5.56 Å². The van der Waals surface area contributed by atoms with E-state index in [2.05, 4.69) is 0 Å². The molecule has 106 valence electrons. The monoisotopic (exact) mass is 302 g/mol. The third-order valence-electron chi connectivity index (χ3n) is 2.86. The highest BCUT2D eigenvalue weighted by Gasteiger charge is 2.05. The lowest BCUT2D eigenvalue weighted by molar-refractivity contribution is -0.384. The lowest BCUT2D eigenvalue weighted by Crippen LogP contribution is -2.02. The number of rotatable bonds is 5. The van der Waals surface area contributed by atoms with Crippen LogP contribution in [0.3, 0.4) is 0 Å². The van der Waals surface area contributed by atoms with E-state index in [9.17, 15) is 10.1 Å². The first-order chi connectivity index (χ1) is 10.1. The fourth-order valence-corrected chi connectivity index (χ4v) is 1.99. The number of hydrogen-bond donors (Lipinski definition) is 0.